The molecule has 0 radical (unpaired) electrons. The third-order valence-electron chi connectivity index (χ3n) is 2.48. The van der Waals surface area contributed by atoms with Crippen molar-refractivity contribution in [1.29, 1.82) is 0 Å². The first-order valence-corrected chi connectivity index (χ1v) is 8.76. The first kappa shape index (κ1) is 14.8. The zero-order valence-corrected chi connectivity index (χ0v) is 14.4. The standard InChI is InChI=1S/C13H13IN2OS2/c1-8-11(19-13(15-8)18-2)7-12(17)16-10-5-3-4-9(14)6-10/h3-6H,7H2,1-2H3,(H,16,17). The normalized spacial score (nSPS) is 10.5. The molecule has 1 aromatic carbocycles. The second kappa shape index (κ2) is 6.71. The van der Waals surface area contributed by atoms with Crippen LogP contribution in [0, 0.1) is 10.5 Å². The van der Waals surface area contributed by atoms with Gasteiger partial charge in [-0.2, -0.15) is 0 Å². The molecule has 1 heterocycles. The Bertz CT molecular complexity index is 598. The van der Waals surface area contributed by atoms with Gasteiger partial charge in [0.1, 0.15) is 4.34 Å². The predicted octanol–water partition coefficient (Wildman–Crippen LogP) is 3.96. The first-order chi connectivity index (χ1) is 9.08. The van der Waals surface area contributed by atoms with Crippen molar-refractivity contribution in [3.63, 3.8) is 0 Å². The summed E-state index contributed by atoms with van der Waals surface area (Å²) in [6.45, 7) is 1.95. The summed E-state index contributed by atoms with van der Waals surface area (Å²) >= 11 is 5.43. The van der Waals surface area contributed by atoms with Crippen LogP contribution in [-0.4, -0.2) is 17.1 Å². The Morgan fingerprint density at radius 1 is 1.53 bits per heavy atom. The molecule has 0 aliphatic rings. The molecule has 2 aromatic rings. The number of rotatable bonds is 4. The smallest absolute Gasteiger partial charge is 0.229 e. The molecule has 1 aromatic heterocycles. The average molecular weight is 404 g/mol. The van der Waals surface area contributed by atoms with Crippen LogP contribution in [0.2, 0.25) is 0 Å². The van der Waals surface area contributed by atoms with Crippen LogP contribution in [-0.2, 0) is 11.2 Å². The van der Waals surface area contributed by atoms with Gasteiger partial charge in [0.25, 0.3) is 0 Å². The molecule has 0 aliphatic carbocycles. The molecule has 0 spiro atoms. The van der Waals surface area contributed by atoms with Gasteiger partial charge in [-0.15, -0.1) is 11.3 Å². The molecule has 0 saturated carbocycles. The van der Waals surface area contributed by atoms with Gasteiger partial charge in [-0.05, 0) is 54.0 Å². The van der Waals surface area contributed by atoms with Crippen molar-refractivity contribution < 1.29 is 4.79 Å². The molecule has 0 aliphatic heterocycles. The molecule has 2 rings (SSSR count). The zero-order chi connectivity index (χ0) is 13.8. The van der Waals surface area contributed by atoms with Crippen molar-refractivity contribution in [3.05, 3.63) is 38.4 Å². The summed E-state index contributed by atoms with van der Waals surface area (Å²) in [7, 11) is 0. The lowest BCUT2D eigenvalue weighted by molar-refractivity contribution is -0.115. The van der Waals surface area contributed by atoms with Crippen molar-refractivity contribution in [1.82, 2.24) is 4.98 Å². The fourth-order valence-electron chi connectivity index (χ4n) is 1.57. The quantitative estimate of drug-likeness (QED) is 0.620. The number of amides is 1. The van der Waals surface area contributed by atoms with E-state index in [1.165, 1.54) is 0 Å². The van der Waals surface area contributed by atoms with E-state index < -0.39 is 0 Å². The van der Waals surface area contributed by atoms with Crippen LogP contribution < -0.4 is 5.32 Å². The molecule has 0 unspecified atom stereocenters. The summed E-state index contributed by atoms with van der Waals surface area (Å²) in [6, 6.07) is 7.77. The minimum atomic E-state index is 0.00130. The highest BCUT2D eigenvalue weighted by molar-refractivity contribution is 14.1. The molecule has 0 fully saturated rings. The van der Waals surface area contributed by atoms with Crippen LogP contribution in [0.4, 0.5) is 5.69 Å². The summed E-state index contributed by atoms with van der Waals surface area (Å²) in [4.78, 5) is 17.4. The highest BCUT2D eigenvalue weighted by Gasteiger charge is 2.11. The lowest BCUT2D eigenvalue weighted by Crippen LogP contribution is -2.14. The SMILES string of the molecule is CSc1nc(C)c(CC(=O)Nc2cccc(I)c2)s1. The van der Waals surface area contributed by atoms with Crippen LogP contribution >= 0.6 is 45.7 Å². The van der Waals surface area contributed by atoms with Crippen molar-refractivity contribution >= 4 is 57.3 Å². The van der Waals surface area contributed by atoms with Crippen molar-refractivity contribution in [3.8, 4) is 0 Å². The molecule has 19 heavy (non-hydrogen) atoms. The van der Waals surface area contributed by atoms with Crippen molar-refractivity contribution in [2.45, 2.75) is 17.7 Å². The van der Waals surface area contributed by atoms with E-state index in [4.69, 9.17) is 0 Å². The van der Waals surface area contributed by atoms with E-state index in [9.17, 15) is 4.79 Å². The molecule has 3 nitrogen and oxygen atoms in total. The second-order valence-electron chi connectivity index (χ2n) is 3.93. The molecular formula is C13H13IN2OS2. The largest absolute Gasteiger partial charge is 0.326 e. The van der Waals surface area contributed by atoms with Crippen molar-refractivity contribution in [2.75, 3.05) is 11.6 Å². The van der Waals surface area contributed by atoms with Crippen LogP contribution in [0.15, 0.2) is 28.6 Å². The fraction of sp³-hybridized carbons (Fsp3) is 0.231. The molecule has 1 amide bonds. The van der Waals surface area contributed by atoms with E-state index in [0.717, 1.165) is 24.2 Å². The van der Waals surface area contributed by atoms with E-state index in [0.29, 0.717) is 6.42 Å². The highest BCUT2D eigenvalue weighted by atomic mass is 127. The van der Waals surface area contributed by atoms with E-state index in [1.807, 2.05) is 37.4 Å². The number of thiazole rings is 1. The summed E-state index contributed by atoms with van der Waals surface area (Å²) in [6.07, 6.45) is 2.38. The Labute approximate surface area is 134 Å². The van der Waals surface area contributed by atoms with Gasteiger partial charge in [-0.3, -0.25) is 4.79 Å². The number of hydrogen-bond donors (Lipinski definition) is 1. The number of nitrogens with zero attached hydrogens (tertiary/aromatic N) is 1. The summed E-state index contributed by atoms with van der Waals surface area (Å²) in [5.41, 5.74) is 1.79. The lowest BCUT2D eigenvalue weighted by Gasteiger charge is -2.04. The number of halogens is 1. The number of hydrogen-bond acceptors (Lipinski definition) is 4. The minimum Gasteiger partial charge on any atom is -0.326 e. The van der Waals surface area contributed by atoms with Gasteiger partial charge in [-0.25, -0.2) is 4.98 Å². The zero-order valence-electron chi connectivity index (χ0n) is 10.6. The van der Waals surface area contributed by atoms with Crippen LogP contribution in [0.3, 0.4) is 0 Å². The predicted molar refractivity (Wildman–Crippen MR) is 90.1 cm³/mol. The number of aromatic nitrogens is 1. The van der Waals surface area contributed by atoms with Gasteiger partial charge in [0.05, 0.1) is 12.1 Å². The Kier molecular flexibility index (Phi) is 5.23. The summed E-state index contributed by atoms with van der Waals surface area (Å²) in [5.74, 6) is 0.00130. The molecular weight excluding hydrogens is 391 g/mol. The molecule has 0 atom stereocenters. The third kappa shape index (κ3) is 4.19. The number of anilines is 1. The lowest BCUT2D eigenvalue weighted by atomic mass is 10.2. The molecule has 1 N–H and O–H groups in total. The van der Waals surface area contributed by atoms with Crippen molar-refractivity contribution in [2.24, 2.45) is 0 Å². The van der Waals surface area contributed by atoms with Gasteiger partial charge in [0, 0.05) is 14.1 Å². The topological polar surface area (TPSA) is 42.0 Å². The molecule has 6 heteroatoms. The maximum Gasteiger partial charge on any atom is 0.229 e. The number of benzene rings is 1. The van der Waals surface area contributed by atoms with E-state index in [-0.39, 0.29) is 5.91 Å². The molecule has 100 valence electrons. The van der Waals surface area contributed by atoms with E-state index >= 15 is 0 Å². The monoisotopic (exact) mass is 404 g/mol. The number of nitrogens with one attached hydrogen (secondary N) is 1. The van der Waals surface area contributed by atoms with E-state index in [2.05, 4.69) is 32.9 Å². The maximum absolute atomic E-state index is 12.0. The first-order valence-electron chi connectivity index (χ1n) is 5.64. The van der Waals surface area contributed by atoms with Gasteiger partial charge >= 0.3 is 0 Å². The minimum absolute atomic E-state index is 0.00130. The Morgan fingerprint density at radius 2 is 2.32 bits per heavy atom. The maximum atomic E-state index is 12.0. The fourth-order valence-corrected chi connectivity index (χ4v) is 3.77. The highest BCUT2D eigenvalue weighted by Crippen LogP contribution is 2.26. The van der Waals surface area contributed by atoms with Crippen LogP contribution in [0.25, 0.3) is 0 Å². The Hall–Kier alpha value is -0.600. The number of thioether (sulfide) groups is 1. The number of carbonyl (C=O) groups excluding carboxylic acids is 1. The molecule has 0 bridgehead atoms. The second-order valence-corrected chi connectivity index (χ2v) is 7.31. The third-order valence-corrected chi connectivity index (χ3v) is 5.29. The Morgan fingerprint density at radius 3 is 2.95 bits per heavy atom. The number of aryl methyl sites for hydroxylation is 1. The average Bonchev–Trinajstić information content (AvgIpc) is 2.70. The Balaban J connectivity index is 2.03. The summed E-state index contributed by atoms with van der Waals surface area (Å²) < 4.78 is 2.11. The van der Waals surface area contributed by atoms with Gasteiger partial charge in [-0.1, -0.05) is 17.8 Å². The summed E-state index contributed by atoms with van der Waals surface area (Å²) in [5, 5.41) is 2.91. The number of carbonyl (C=O) groups is 1. The van der Waals surface area contributed by atoms with Gasteiger partial charge in [0.2, 0.25) is 5.91 Å². The van der Waals surface area contributed by atoms with Crippen LogP contribution in [0.1, 0.15) is 10.6 Å². The molecule has 0 saturated heterocycles. The van der Waals surface area contributed by atoms with Gasteiger partial charge < -0.3 is 5.32 Å². The van der Waals surface area contributed by atoms with Gasteiger partial charge in [0.15, 0.2) is 0 Å². The van der Waals surface area contributed by atoms with E-state index in [1.54, 1.807) is 23.1 Å². The van der Waals surface area contributed by atoms with Crippen LogP contribution in [0.5, 0.6) is 0 Å².